The molecule has 1 aromatic heterocycles. The van der Waals surface area contributed by atoms with E-state index >= 15 is 0 Å². The lowest BCUT2D eigenvalue weighted by Crippen LogP contribution is -2.35. The molecule has 0 radical (unpaired) electrons. The Balaban J connectivity index is 2.79. The number of nitrogens with zero attached hydrogens (tertiary/aromatic N) is 2. The number of halogens is 2. The molecule has 0 fully saturated rings. The molecule has 0 spiro atoms. The van der Waals surface area contributed by atoms with Crippen LogP contribution in [0.5, 0.6) is 0 Å². The third kappa shape index (κ3) is 1.72. The van der Waals surface area contributed by atoms with E-state index in [1.807, 2.05) is 0 Å². The van der Waals surface area contributed by atoms with Gasteiger partial charge in [-0.1, -0.05) is 31.9 Å². The van der Waals surface area contributed by atoms with Crippen LogP contribution in [0.15, 0.2) is 0 Å². The molecule has 1 unspecified atom stereocenters. The molecule has 0 saturated carbocycles. The zero-order chi connectivity index (χ0) is 11.9. The molecule has 1 aliphatic carbocycles. The highest BCUT2D eigenvalue weighted by Gasteiger charge is 2.32. The average molecular weight is 352 g/mol. The molecule has 0 aliphatic heterocycles. The lowest BCUT2D eigenvalue weighted by Gasteiger charge is -2.25. The molecule has 6 heteroatoms. The van der Waals surface area contributed by atoms with Gasteiger partial charge in [0.15, 0.2) is 0 Å². The fourth-order valence-corrected chi connectivity index (χ4v) is 3.51. The Labute approximate surface area is 110 Å². The largest absolute Gasteiger partial charge is 0.805 e. The Morgan fingerprint density at radius 3 is 2.94 bits per heavy atom. The summed E-state index contributed by atoms with van der Waals surface area (Å²) in [5.74, 6) is 0. The van der Waals surface area contributed by atoms with Gasteiger partial charge in [-0.25, -0.2) is 0 Å². The Kier molecular flexibility index (Phi) is 3.39. The van der Waals surface area contributed by atoms with Crippen molar-refractivity contribution in [2.75, 3.05) is 0 Å². The van der Waals surface area contributed by atoms with Gasteiger partial charge in [-0.2, -0.15) is 0 Å². The molecular weight excluding hydrogens is 340 g/mol. The normalized spacial score (nSPS) is 19.6. The third-order valence-electron chi connectivity index (χ3n) is 3.02. The van der Waals surface area contributed by atoms with E-state index in [1.165, 1.54) is 0 Å². The van der Waals surface area contributed by atoms with Gasteiger partial charge in [-0.3, -0.25) is 0 Å². The Morgan fingerprint density at radius 2 is 2.31 bits per heavy atom. The second kappa shape index (κ2) is 4.49. The molecule has 0 aromatic carbocycles. The average Bonchev–Trinajstić information content (AvgIpc) is 2.26. The van der Waals surface area contributed by atoms with Gasteiger partial charge in [-0.05, 0) is 26.2 Å². The number of alkyl halides is 2. The van der Waals surface area contributed by atoms with Crippen LogP contribution in [0, 0.1) is 17.0 Å². The molecule has 0 N–H and O–H groups in total. The molecule has 2 rings (SSSR count). The lowest BCUT2D eigenvalue weighted by molar-refractivity contribution is -0.516. The second-order valence-electron chi connectivity index (χ2n) is 3.95. The quantitative estimate of drug-likeness (QED) is 0.577. The fourth-order valence-electron chi connectivity index (χ4n) is 2.11. The molecule has 1 aromatic rings. The van der Waals surface area contributed by atoms with E-state index in [0.29, 0.717) is 34.5 Å². The van der Waals surface area contributed by atoms with E-state index in [2.05, 4.69) is 31.9 Å². The van der Waals surface area contributed by atoms with E-state index in [9.17, 15) is 10.1 Å². The van der Waals surface area contributed by atoms with Crippen LogP contribution in [0.4, 0.5) is 0 Å². The van der Waals surface area contributed by atoms with Crippen LogP contribution in [0.3, 0.4) is 0 Å². The van der Waals surface area contributed by atoms with Gasteiger partial charge in [0.05, 0.1) is 21.1 Å². The van der Waals surface area contributed by atoms with Crippen LogP contribution in [0.2, 0.25) is 0 Å². The molecule has 1 atom stereocenters. The minimum Gasteiger partial charge on any atom is -0.805 e. The molecular formula is C10H12Br2N2O2. The maximum Gasteiger partial charge on any atom is 0.272 e. The summed E-state index contributed by atoms with van der Waals surface area (Å²) in [7, 11) is 0. The second-order valence-corrected chi connectivity index (χ2v) is 5.61. The predicted molar refractivity (Wildman–Crippen MR) is 68.5 cm³/mol. The summed E-state index contributed by atoms with van der Waals surface area (Å²) in [5.41, 5.74) is 2.19. The van der Waals surface area contributed by atoms with E-state index in [-0.39, 0.29) is 4.83 Å². The van der Waals surface area contributed by atoms with E-state index in [1.54, 1.807) is 6.92 Å². The summed E-state index contributed by atoms with van der Waals surface area (Å²) >= 11 is 6.72. The van der Waals surface area contributed by atoms with Gasteiger partial charge in [-0.15, -0.1) is 0 Å². The first-order chi connectivity index (χ1) is 7.57. The zero-order valence-corrected chi connectivity index (χ0v) is 12.0. The number of rotatable bonds is 1. The zero-order valence-electron chi connectivity index (χ0n) is 8.87. The Morgan fingerprint density at radius 1 is 1.62 bits per heavy atom. The standard InChI is InChI=1S/C10H12Br2N2O2/c1-6-9(5-11)14(16)10-7(12)3-2-4-8(10)13(6)15/h7H,2-5H2,1H3. The minimum atomic E-state index is -0.00708. The molecule has 1 aliphatic rings. The maximum absolute atomic E-state index is 12.1. The van der Waals surface area contributed by atoms with Crippen molar-refractivity contribution >= 4 is 31.9 Å². The monoisotopic (exact) mass is 350 g/mol. The molecule has 0 amide bonds. The van der Waals surface area contributed by atoms with Crippen LogP contribution in [0.1, 0.15) is 40.4 Å². The Hall–Kier alpha value is -0.360. The third-order valence-corrected chi connectivity index (χ3v) is 4.44. The van der Waals surface area contributed by atoms with E-state index in [0.717, 1.165) is 22.0 Å². The molecule has 0 bridgehead atoms. The summed E-state index contributed by atoms with van der Waals surface area (Å²) in [6.45, 7) is 1.69. The van der Waals surface area contributed by atoms with E-state index < -0.39 is 0 Å². The summed E-state index contributed by atoms with van der Waals surface area (Å²) in [4.78, 5) is 12.1. The number of aromatic nitrogens is 2. The van der Waals surface area contributed by atoms with Crippen LogP contribution in [-0.2, 0) is 11.8 Å². The summed E-state index contributed by atoms with van der Waals surface area (Å²) in [6, 6.07) is 0. The van der Waals surface area contributed by atoms with Crippen LogP contribution < -0.4 is 4.43 Å². The van der Waals surface area contributed by atoms with Crippen molar-refractivity contribution in [3.05, 3.63) is 32.9 Å². The number of hydrogen-bond acceptors (Lipinski definition) is 2. The highest BCUT2D eigenvalue weighted by Crippen LogP contribution is 2.34. The predicted octanol–water partition coefficient (Wildman–Crippen LogP) is 2.72. The van der Waals surface area contributed by atoms with Crippen molar-refractivity contribution in [2.45, 2.75) is 36.3 Å². The molecule has 1 heterocycles. The molecule has 0 saturated heterocycles. The topological polar surface area (TPSA) is 51.0 Å². The van der Waals surface area contributed by atoms with Gasteiger partial charge in [0, 0.05) is 4.91 Å². The van der Waals surface area contributed by atoms with Gasteiger partial charge < -0.3 is 9.94 Å². The fraction of sp³-hybridized carbons (Fsp3) is 0.600. The van der Waals surface area contributed by atoms with Gasteiger partial charge in [0.25, 0.3) is 11.4 Å². The van der Waals surface area contributed by atoms with Gasteiger partial charge >= 0.3 is 0 Å². The molecule has 88 valence electrons. The van der Waals surface area contributed by atoms with Crippen LogP contribution >= 0.6 is 31.9 Å². The summed E-state index contributed by atoms with van der Waals surface area (Å²) in [5, 5.41) is 12.4. The van der Waals surface area contributed by atoms with Crippen molar-refractivity contribution in [1.82, 2.24) is 4.73 Å². The number of hydrogen-bond donors (Lipinski definition) is 0. The highest BCUT2D eigenvalue weighted by molar-refractivity contribution is 9.09. The van der Waals surface area contributed by atoms with Gasteiger partial charge in [0.1, 0.15) is 4.83 Å². The Bertz CT molecular complexity index is 485. The first-order valence-electron chi connectivity index (χ1n) is 5.15. The summed E-state index contributed by atoms with van der Waals surface area (Å²) in [6.07, 6.45) is 2.53. The van der Waals surface area contributed by atoms with Crippen LogP contribution in [0.25, 0.3) is 0 Å². The lowest BCUT2D eigenvalue weighted by atomic mass is 10.00. The highest BCUT2D eigenvalue weighted by atomic mass is 79.9. The smallest absolute Gasteiger partial charge is 0.272 e. The van der Waals surface area contributed by atoms with E-state index in [4.69, 9.17) is 0 Å². The van der Waals surface area contributed by atoms with Crippen LogP contribution in [-0.4, -0.2) is 4.73 Å². The van der Waals surface area contributed by atoms with Crippen molar-refractivity contribution in [2.24, 2.45) is 0 Å². The van der Waals surface area contributed by atoms with Crippen molar-refractivity contribution in [1.29, 1.82) is 0 Å². The van der Waals surface area contributed by atoms with Gasteiger partial charge in [0.2, 0.25) is 0 Å². The SMILES string of the molecule is Cc1c(CBr)[n+](=O)c2c(n1[O-])CCCC2Br. The maximum atomic E-state index is 12.1. The van der Waals surface area contributed by atoms with Crippen molar-refractivity contribution in [3.63, 3.8) is 0 Å². The molecule has 4 nitrogen and oxygen atoms in total. The van der Waals surface area contributed by atoms with Crippen molar-refractivity contribution in [3.8, 4) is 0 Å². The number of fused-ring (bicyclic) bond motifs is 1. The molecule has 16 heavy (non-hydrogen) atoms. The van der Waals surface area contributed by atoms with Crippen molar-refractivity contribution < 1.29 is 4.43 Å². The first kappa shape index (κ1) is 12.1. The minimum absolute atomic E-state index is 0.00708. The first-order valence-corrected chi connectivity index (χ1v) is 7.19. The summed E-state index contributed by atoms with van der Waals surface area (Å²) < 4.78 is 1.82.